The van der Waals surface area contributed by atoms with E-state index in [-0.39, 0.29) is 0 Å². The Morgan fingerprint density at radius 3 is 2.83 bits per heavy atom. The molecular formula is C16H20N6O2. The van der Waals surface area contributed by atoms with Crippen molar-refractivity contribution in [3.63, 3.8) is 0 Å². The molecule has 2 aromatic rings. The number of anilines is 1. The van der Waals surface area contributed by atoms with Crippen molar-refractivity contribution >= 4 is 17.6 Å². The van der Waals surface area contributed by atoms with Gasteiger partial charge in [-0.15, -0.1) is 0 Å². The third kappa shape index (κ3) is 3.76. The highest BCUT2D eigenvalue weighted by Crippen LogP contribution is 2.40. The fourth-order valence-electron chi connectivity index (χ4n) is 2.49. The maximum absolute atomic E-state index is 12.1. The summed E-state index contributed by atoms with van der Waals surface area (Å²) in [6, 6.07) is 1.84. The lowest BCUT2D eigenvalue weighted by molar-refractivity contribution is -0.142. The van der Waals surface area contributed by atoms with Crippen LogP contribution >= 0.6 is 0 Å². The quantitative estimate of drug-likeness (QED) is 0.817. The van der Waals surface area contributed by atoms with Crippen molar-refractivity contribution in [2.45, 2.75) is 25.2 Å². The van der Waals surface area contributed by atoms with Gasteiger partial charge in [0.2, 0.25) is 0 Å². The predicted octanol–water partition coefficient (Wildman–Crippen LogP) is 0.727. The van der Waals surface area contributed by atoms with E-state index in [9.17, 15) is 9.59 Å². The first-order valence-electron chi connectivity index (χ1n) is 7.90. The molecule has 1 fully saturated rings. The molecule has 0 spiro atoms. The van der Waals surface area contributed by atoms with Crippen LogP contribution in [0.1, 0.15) is 30.1 Å². The molecule has 0 unspecified atom stereocenters. The Labute approximate surface area is 139 Å². The number of nitrogens with zero attached hydrogens (tertiary/aromatic N) is 5. The molecule has 0 radical (unpaired) electrons. The highest BCUT2D eigenvalue weighted by molar-refractivity contribution is 6.39. The summed E-state index contributed by atoms with van der Waals surface area (Å²) >= 11 is 0. The van der Waals surface area contributed by atoms with E-state index in [4.69, 9.17) is 0 Å². The molecule has 2 amide bonds. The Morgan fingerprint density at radius 2 is 2.17 bits per heavy atom. The van der Waals surface area contributed by atoms with E-state index >= 15 is 0 Å². The van der Waals surface area contributed by atoms with Crippen LogP contribution in [0.5, 0.6) is 0 Å². The summed E-state index contributed by atoms with van der Waals surface area (Å²) in [6.45, 7) is 0.389. The number of nitrogens with one attached hydrogen (secondary N) is 1. The Kier molecular flexibility index (Phi) is 4.54. The Balaban J connectivity index is 1.53. The molecule has 8 nitrogen and oxygen atoms in total. The van der Waals surface area contributed by atoms with Crippen molar-refractivity contribution in [2.24, 2.45) is 7.05 Å². The first-order chi connectivity index (χ1) is 11.5. The van der Waals surface area contributed by atoms with Crippen LogP contribution in [-0.2, 0) is 23.1 Å². The molecule has 24 heavy (non-hydrogen) atoms. The van der Waals surface area contributed by atoms with Crippen LogP contribution in [-0.4, -0.2) is 50.1 Å². The molecule has 1 aliphatic carbocycles. The number of amides is 2. The van der Waals surface area contributed by atoms with E-state index in [1.54, 1.807) is 30.3 Å². The van der Waals surface area contributed by atoms with Crippen LogP contribution in [0.4, 0.5) is 5.82 Å². The molecule has 0 saturated heterocycles. The number of hydrogen-bond donors (Lipinski definition) is 1. The van der Waals surface area contributed by atoms with E-state index in [0.717, 1.165) is 24.2 Å². The molecule has 1 saturated carbocycles. The third-order valence-electron chi connectivity index (χ3n) is 4.01. The first-order valence-corrected chi connectivity index (χ1v) is 7.90. The number of hydrogen-bond acceptors (Lipinski definition) is 5. The summed E-state index contributed by atoms with van der Waals surface area (Å²) in [5, 5.41) is 6.82. The Bertz CT molecular complexity index is 738. The highest BCUT2D eigenvalue weighted by atomic mass is 16.2. The van der Waals surface area contributed by atoms with Gasteiger partial charge in [-0.1, -0.05) is 0 Å². The lowest BCUT2D eigenvalue weighted by Gasteiger charge is -2.15. The lowest BCUT2D eigenvalue weighted by Crippen LogP contribution is -2.38. The second-order valence-electron chi connectivity index (χ2n) is 5.98. The van der Waals surface area contributed by atoms with Crippen LogP contribution in [0.3, 0.4) is 0 Å². The zero-order valence-corrected chi connectivity index (χ0v) is 13.8. The van der Waals surface area contributed by atoms with Crippen molar-refractivity contribution < 1.29 is 9.59 Å². The van der Waals surface area contributed by atoms with Gasteiger partial charge in [0.05, 0.1) is 5.69 Å². The summed E-state index contributed by atoms with van der Waals surface area (Å²) in [4.78, 5) is 33.7. The van der Waals surface area contributed by atoms with Gasteiger partial charge in [-0.3, -0.25) is 24.2 Å². The second-order valence-corrected chi connectivity index (χ2v) is 5.98. The zero-order chi connectivity index (χ0) is 17.1. The van der Waals surface area contributed by atoms with E-state index in [2.05, 4.69) is 20.4 Å². The molecule has 126 valence electrons. The smallest absolute Gasteiger partial charge is 0.315 e. The van der Waals surface area contributed by atoms with Crippen molar-refractivity contribution in [1.82, 2.24) is 24.6 Å². The number of likely N-dealkylation sites (N-methyl/N-ethyl adjacent to an activating group) is 1. The standard InChI is InChI=1S/C16H20N6O2/c1-21(8-5-12-10-17-6-7-18-12)16(24)15(23)19-14-9-13(11-3-4-11)22(2)20-14/h6-7,9-11H,3-5,8H2,1-2H3,(H,19,20,23). The minimum atomic E-state index is -0.683. The van der Waals surface area contributed by atoms with Gasteiger partial charge in [-0.2, -0.15) is 5.10 Å². The summed E-state index contributed by atoms with van der Waals surface area (Å²) in [7, 11) is 3.44. The molecule has 1 N–H and O–H groups in total. The van der Waals surface area contributed by atoms with E-state index < -0.39 is 11.8 Å². The number of aryl methyl sites for hydroxylation is 1. The van der Waals surface area contributed by atoms with Gasteiger partial charge in [-0.25, -0.2) is 0 Å². The topological polar surface area (TPSA) is 93.0 Å². The minimum absolute atomic E-state index is 0.389. The maximum atomic E-state index is 12.1. The van der Waals surface area contributed by atoms with Gasteiger partial charge >= 0.3 is 11.8 Å². The highest BCUT2D eigenvalue weighted by Gasteiger charge is 2.28. The van der Waals surface area contributed by atoms with Crippen molar-refractivity contribution in [2.75, 3.05) is 18.9 Å². The predicted molar refractivity (Wildman–Crippen MR) is 87.2 cm³/mol. The van der Waals surface area contributed by atoms with Crippen molar-refractivity contribution in [3.05, 3.63) is 36.0 Å². The Hall–Kier alpha value is -2.77. The van der Waals surface area contributed by atoms with Crippen LogP contribution in [0.25, 0.3) is 0 Å². The molecular weight excluding hydrogens is 308 g/mol. The van der Waals surface area contributed by atoms with Gasteiger partial charge in [0.25, 0.3) is 0 Å². The third-order valence-corrected chi connectivity index (χ3v) is 4.01. The molecule has 0 bridgehead atoms. The summed E-state index contributed by atoms with van der Waals surface area (Å²) < 4.78 is 1.76. The molecule has 0 atom stereocenters. The summed E-state index contributed by atoms with van der Waals surface area (Å²) in [5.41, 5.74) is 1.87. The van der Waals surface area contributed by atoms with Crippen LogP contribution in [0.2, 0.25) is 0 Å². The minimum Gasteiger partial charge on any atom is -0.337 e. The van der Waals surface area contributed by atoms with E-state index in [1.165, 1.54) is 4.90 Å². The van der Waals surface area contributed by atoms with Gasteiger partial charge in [0.15, 0.2) is 5.82 Å². The first kappa shape index (κ1) is 16.1. The number of carbonyl (C=O) groups is 2. The molecule has 0 aromatic carbocycles. The molecule has 3 rings (SSSR count). The van der Waals surface area contributed by atoms with Crippen LogP contribution in [0.15, 0.2) is 24.7 Å². The lowest BCUT2D eigenvalue weighted by atomic mass is 10.3. The molecule has 2 aromatic heterocycles. The van der Waals surface area contributed by atoms with Gasteiger partial charge < -0.3 is 10.2 Å². The second kappa shape index (κ2) is 6.77. The average Bonchev–Trinajstić information content (AvgIpc) is 3.36. The normalized spacial score (nSPS) is 13.6. The molecule has 1 aliphatic rings. The van der Waals surface area contributed by atoms with Gasteiger partial charge in [-0.05, 0) is 12.8 Å². The number of aromatic nitrogens is 4. The van der Waals surface area contributed by atoms with E-state index in [1.807, 2.05) is 13.1 Å². The summed E-state index contributed by atoms with van der Waals surface area (Å²) in [5.74, 6) is -0.340. The molecule has 0 aliphatic heterocycles. The zero-order valence-electron chi connectivity index (χ0n) is 13.8. The Morgan fingerprint density at radius 1 is 1.38 bits per heavy atom. The van der Waals surface area contributed by atoms with E-state index in [0.29, 0.717) is 24.7 Å². The van der Waals surface area contributed by atoms with Crippen molar-refractivity contribution in [3.8, 4) is 0 Å². The molecule has 2 heterocycles. The monoisotopic (exact) mass is 328 g/mol. The average molecular weight is 328 g/mol. The van der Waals surface area contributed by atoms with Crippen LogP contribution < -0.4 is 5.32 Å². The largest absolute Gasteiger partial charge is 0.337 e. The fraction of sp³-hybridized carbons (Fsp3) is 0.438. The van der Waals surface area contributed by atoms with Crippen LogP contribution in [0, 0.1) is 0 Å². The van der Waals surface area contributed by atoms with Gasteiger partial charge in [0, 0.05) is 63.3 Å². The fourth-order valence-corrected chi connectivity index (χ4v) is 2.49. The maximum Gasteiger partial charge on any atom is 0.315 e. The summed E-state index contributed by atoms with van der Waals surface area (Å²) in [6.07, 6.45) is 7.68. The number of carbonyl (C=O) groups excluding carboxylic acids is 2. The molecule has 8 heteroatoms. The van der Waals surface area contributed by atoms with Gasteiger partial charge in [0.1, 0.15) is 0 Å². The van der Waals surface area contributed by atoms with Crippen molar-refractivity contribution in [1.29, 1.82) is 0 Å². The SMILES string of the molecule is CN(CCc1cnccn1)C(=O)C(=O)Nc1cc(C2CC2)n(C)n1. The number of rotatable bonds is 5.